The first-order chi connectivity index (χ1) is 17.7. The average Bonchev–Trinajstić information content (AvgIpc) is 3.36. The number of ether oxygens (including phenoxy) is 1. The highest BCUT2D eigenvalue weighted by molar-refractivity contribution is 7.13. The maximum atomic E-state index is 12.5. The zero-order chi connectivity index (χ0) is 24.7. The molecule has 1 amide bonds. The van der Waals surface area contributed by atoms with E-state index in [-0.39, 0.29) is 5.91 Å². The molecule has 0 spiro atoms. The average molecular weight is 505 g/mol. The van der Waals surface area contributed by atoms with Crippen molar-refractivity contribution in [1.82, 2.24) is 14.6 Å². The van der Waals surface area contributed by atoms with Crippen LogP contribution in [0, 0.1) is 11.8 Å². The van der Waals surface area contributed by atoms with Crippen LogP contribution in [0.25, 0.3) is 16.2 Å². The fourth-order valence-electron chi connectivity index (χ4n) is 5.63. The summed E-state index contributed by atoms with van der Waals surface area (Å²) < 4.78 is 11.4. The molecule has 0 unspecified atom stereocenters. The van der Waals surface area contributed by atoms with Gasteiger partial charge in [0.1, 0.15) is 11.6 Å². The Labute approximate surface area is 218 Å². The number of carbonyl (C=O) groups is 1. The van der Waals surface area contributed by atoms with Crippen molar-refractivity contribution in [3.8, 4) is 5.75 Å². The molecule has 2 fully saturated rings. The van der Waals surface area contributed by atoms with E-state index in [1.54, 1.807) is 24.7 Å². The third-order valence-electron chi connectivity index (χ3n) is 7.68. The Balaban J connectivity index is 1.11. The number of piperazine rings is 1. The maximum Gasteiger partial charge on any atom is 0.244 e. The Morgan fingerprint density at radius 2 is 1.81 bits per heavy atom. The van der Waals surface area contributed by atoms with Gasteiger partial charge in [-0.05, 0) is 60.5 Å². The summed E-state index contributed by atoms with van der Waals surface area (Å²) in [7, 11) is 1.65. The van der Waals surface area contributed by atoms with Crippen LogP contribution in [0.3, 0.4) is 0 Å². The molecule has 3 aromatic rings. The number of para-hydroxylation sites is 1. The van der Waals surface area contributed by atoms with Gasteiger partial charge in [-0.3, -0.25) is 9.69 Å². The summed E-state index contributed by atoms with van der Waals surface area (Å²) in [6.45, 7) is 6.07. The molecule has 0 radical (unpaired) electrons. The molecule has 1 saturated heterocycles. The highest BCUT2D eigenvalue weighted by atomic mass is 32.1. The quantitative estimate of drug-likeness (QED) is 0.435. The molecule has 1 saturated carbocycles. The predicted octanol–water partition coefficient (Wildman–Crippen LogP) is 5.06. The number of aromatic nitrogens is 1. The molecule has 2 heterocycles. The number of anilines is 1. The first-order valence-corrected chi connectivity index (χ1v) is 13.9. The van der Waals surface area contributed by atoms with Gasteiger partial charge in [0.25, 0.3) is 0 Å². The van der Waals surface area contributed by atoms with Crippen LogP contribution in [0.15, 0.2) is 54.6 Å². The summed E-state index contributed by atoms with van der Waals surface area (Å²) in [4.78, 5) is 17.6. The zero-order valence-electron chi connectivity index (χ0n) is 21.1. The van der Waals surface area contributed by atoms with Gasteiger partial charge in [0.2, 0.25) is 5.91 Å². The van der Waals surface area contributed by atoms with Crippen LogP contribution >= 0.6 is 11.5 Å². The van der Waals surface area contributed by atoms with E-state index in [1.165, 1.54) is 35.8 Å². The summed E-state index contributed by atoms with van der Waals surface area (Å²) >= 11 is 1.60. The molecule has 36 heavy (non-hydrogen) atoms. The number of benzene rings is 2. The van der Waals surface area contributed by atoms with Gasteiger partial charge < -0.3 is 15.0 Å². The van der Waals surface area contributed by atoms with Gasteiger partial charge in [-0.25, -0.2) is 0 Å². The molecule has 5 rings (SSSR count). The van der Waals surface area contributed by atoms with Crippen molar-refractivity contribution in [2.45, 2.75) is 25.7 Å². The van der Waals surface area contributed by atoms with Gasteiger partial charge in [0, 0.05) is 56.3 Å². The normalized spacial score (nSPS) is 21.2. The van der Waals surface area contributed by atoms with Crippen molar-refractivity contribution in [3.05, 3.63) is 60.2 Å². The standard InChI is InChI=1S/C29H36N4O2S/c1-35-26-12-6-4-8-22(26)14-15-28(34)30-20-23-9-2-3-10-24(23)21-32-16-18-33(19-17-32)29-25-11-5-7-13-27(25)36-31-29/h4-8,11-15,23-24H,2-3,9-10,16-21H2,1H3,(H,30,34)/b15-14+/t23-,24+/m0/s1. The first-order valence-electron chi connectivity index (χ1n) is 13.1. The van der Waals surface area contributed by atoms with Crippen molar-refractivity contribution in [3.63, 3.8) is 0 Å². The SMILES string of the molecule is COc1ccccc1/C=C/C(=O)NC[C@@H]1CCCC[C@@H]1CN1CCN(c2nsc3ccccc23)CC1. The molecular formula is C29H36N4O2S. The van der Waals surface area contributed by atoms with E-state index in [9.17, 15) is 4.79 Å². The zero-order valence-corrected chi connectivity index (χ0v) is 21.9. The third-order valence-corrected chi connectivity index (χ3v) is 8.50. The van der Waals surface area contributed by atoms with Crippen LogP contribution in [-0.4, -0.2) is 61.6 Å². The summed E-state index contributed by atoms with van der Waals surface area (Å²) in [5.41, 5.74) is 0.912. The van der Waals surface area contributed by atoms with Gasteiger partial charge in [-0.15, -0.1) is 0 Å². The van der Waals surface area contributed by atoms with E-state index >= 15 is 0 Å². The van der Waals surface area contributed by atoms with E-state index in [1.807, 2.05) is 30.3 Å². The van der Waals surface area contributed by atoms with Crippen LogP contribution in [0.2, 0.25) is 0 Å². The molecule has 2 aliphatic rings. The van der Waals surface area contributed by atoms with Crippen LogP contribution < -0.4 is 15.0 Å². The van der Waals surface area contributed by atoms with Crippen LogP contribution in [0.1, 0.15) is 31.2 Å². The second-order valence-electron chi connectivity index (χ2n) is 9.92. The van der Waals surface area contributed by atoms with Gasteiger partial charge >= 0.3 is 0 Å². The Hall–Kier alpha value is -2.90. The molecule has 1 N–H and O–H groups in total. The van der Waals surface area contributed by atoms with Crippen molar-refractivity contribution in [2.24, 2.45) is 11.8 Å². The smallest absolute Gasteiger partial charge is 0.244 e. The predicted molar refractivity (Wildman–Crippen MR) is 149 cm³/mol. The second kappa shape index (κ2) is 11.9. The highest BCUT2D eigenvalue weighted by Crippen LogP contribution is 2.32. The Morgan fingerprint density at radius 1 is 1.06 bits per heavy atom. The minimum Gasteiger partial charge on any atom is -0.496 e. The molecule has 1 aromatic heterocycles. The molecule has 6 nitrogen and oxygen atoms in total. The lowest BCUT2D eigenvalue weighted by atomic mass is 9.78. The number of nitrogens with zero attached hydrogens (tertiary/aromatic N) is 3. The monoisotopic (exact) mass is 504 g/mol. The fourth-order valence-corrected chi connectivity index (χ4v) is 6.42. The topological polar surface area (TPSA) is 57.7 Å². The van der Waals surface area contributed by atoms with E-state index < -0.39 is 0 Å². The minimum absolute atomic E-state index is 0.0330. The summed E-state index contributed by atoms with van der Waals surface area (Å²) in [6.07, 6.45) is 8.47. The first kappa shape index (κ1) is 24.8. The van der Waals surface area contributed by atoms with Crippen LogP contribution in [-0.2, 0) is 4.79 Å². The Kier molecular flexibility index (Phi) is 8.18. The van der Waals surface area contributed by atoms with Crippen molar-refractivity contribution < 1.29 is 9.53 Å². The second-order valence-corrected chi connectivity index (χ2v) is 10.7. The number of hydrogen-bond donors (Lipinski definition) is 1. The molecule has 0 bridgehead atoms. The van der Waals surface area contributed by atoms with E-state index in [0.29, 0.717) is 11.8 Å². The molecule has 2 aromatic carbocycles. The number of carbonyl (C=O) groups excluding carboxylic acids is 1. The third kappa shape index (κ3) is 5.90. The number of methoxy groups -OCH3 is 1. The van der Waals surface area contributed by atoms with E-state index in [4.69, 9.17) is 9.11 Å². The molecule has 190 valence electrons. The fraction of sp³-hybridized carbons (Fsp3) is 0.448. The van der Waals surface area contributed by atoms with Gasteiger partial charge in [-0.1, -0.05) is 43.2 Å². The summed E-state index contributed by atoms with van der Waals surface area (Å²) in [5, 5.41) is 4.45. The lowest BCUT2D eigenvalue weighted by molar-refractivity contribution is -0.116. The molecule has 1 aliphatic carbocycles. The summed E-state index contributed by atoms with van der Waals surface area (Å²) in [5.74, 6) is 3.08. The van der Waals surface area contributed by atoms with E-state index in [2.05, 4.69) is 39.4 Å². The minimum atomic E-state index is -0.0330. The van der Waals surface area contributed by atoms with E-state index in [0.717, 1.165) is 56.4 Å². The van der Waals surface area contributed by atoms with Crippen LogP contribution in [0.5, 0.6) is 5.75 Å². The number of amides is 1. The van der Waals surface area contributed by atoms with Gasteiger partial charge in [0.15, 0.2) is 0 Å². The Morgan fingerprint density at radius 3 is 2.64 bits per heavy atom. The van der Waals surface area contributed by atoms with Crippen molar-refractivity contribution in [1.29, 1.82) is 0 Å². The summed E-state index contributed by atoms with van der Waals surface area (Å²) in [6, 6.07) is 16.3. The van der Waals surface area contributed by atoms with Gasteiger partial charge in [-0.2, -0.15) is 4.37 Å². The van der Waals surface area contributed by atoms with Crippen molar-refractivity contribution >= 4 is 39.4 Å². The van der Waals surface area contributed by atoms with Crippen LogP contribution in [0.4, 0.5) is 5.82 Å². The molecule has 7 heteroatoms. The Bertz CT molecular complexity index is 1180. The largest absolute Gasteiger partial charge is 0.496 e. The van der Waals surface area contributed by atoms with Crippen molar-refractivity contribution in [2.75, 3.05) is 51.3 Å². The number of nitrogens with one attached hydrogen (secondary N) is 1. The lowest BCUT2D eigenvalue weighted by Gasteiger charge is -2.40. The lowest BCUT2D eigenvalue weighted by Crippen LogP contribution is -2.49. The number of fused-ring (bicyclic) bond motifs is 1. The molecular weight excluding hydrogens is 468 g/mol. The highest BCUT2D eigenvalue weighted by Gasteiger charge is 2.29. The molecule has 1 aliphatic heterocycles. The molecule has 2 atom stereocenters. The van der Waals surface area contributed by atoms with Gasteiger partial charge in [0.05, 0.1) is 11.8 Å². The number of rotatable bonds is 8. The maximum absolute atomic E-state index is 12.5. The number of hydrogen-bond acceptors (Lipinski definition) is 6.